The number of rotatable bonds is 5. The molecule has 4 unspecified atom stereocenters. The Bertz CT molecular complexity index is 571. The molecule has 2 saturated heterocycles. The molecule has 7 nitrogen and oxygen atoms in total. The van der Waals surface area contributed by atoms with Gasteiger partial charge in [-0.05, 0) is 46.2 Å². The van der Waals surface area contributed by atoms with E-state index in [1.807, 2.05) is 6.92 Å². The van der Waals surface area contributed by atoms with Crippen molar-refractivity contribution in [3.05, 3.63) is 11.1 Å². The summed E-state index contributed by atoms with van der Waals surface area (Å²) in [5.41, 5.74) is 1.59. The molecule has 146 valence electrons. The molecule has 0 aromatic carbocycles. The van der Waals surface area contributed by atoms with Gasteiger partial charge in [-0.2, -0.15) is 0 Å². The summed E-state index contributed by atoms with van der Waals surface area (Å²) in [7, 11) is 0. The monoisotopic (exact) mass is 364 g/mol. The maximum absolute atomic E-state index is 12.6. The first-order valence-corrected chi connectivity index (χ1v) is 9.88. The fourth-order valence-electron chi connectivity index (χ4n) is 4.73. The minimum absolute atomic E-state index is 0.0663. The molecule has 0 aromatic heterocycles. The van der Waals surface area contributed by atoms with Gasteiger partial charge in [-0.25, -0.2) is 0 Å². The van der Waals surface area contributed by atoms with Crippen LogP contribution in [0.2, 0.25) is 0 Å². The molecule has 0 spiro atoms. The molecule has 0 aliphatic carbocycles. The van der Waals surface area contributed by atoms with Crippen LogP contribution in [0.15, 0.2) is 11.1 Å². The maximum Gasteiger partial charge on any atom is 0.247 e. The molecule has 0 bridgehead atoms. The zero-order chi connectivity index (χ0) is 18.7. The van der Waals surface area contributed by atoms with Crippen LogP contribution in [0.4, 0.5) is 0 Å². The maximum atomic E-state index is 12.6. The summed E-state index contributed by atoms with van der Waals surface area (Å²) in [6.07, 6.45) is 4.16. The van der Waals surface area contributed by atoms with Crippen LogP contribution in [0, 0.1) is 5.92 Å². The highest BCUT2D eigenvalue weighted by atomic mass is 16.3. The van der Waals surface area contributed by atoms with E-state index in [2.05, 4.69) is 28.2 Å². The second-order valence-corrected chi connectivity index (χ2v) is 7.89. The molecular weight excluding hydrogens is 332 g/mol. The number of aliphatic hydroxyl groups is 1. The number of amides is 2. The quantitative estimate of drug-likeness (QED) is 0.465. The molecule has 0 radical (unpaired) electrons. The predicted octanol–water partition coefficient (Wildman–Crippen LogP) is -0.191. The fraction of sp³-hybridized carbons (Fsp3) is 0.789. The van der Waals surface area contributed by atoms with Crippen molar-refractivity contribution in [1.82, 2.24) is 21.3 Å². The van der Waals surface area contributed by atoms with E-state index in [-0.39, 0.29) is 54.9 Å². The Morgan fingerprint density at radius 1 is 1.27 bits per heavy atom. The second-order valence-electron chi connectivity index (χ2n) is 7.89. The van der Waals surface area contributed by atoms with Gasteiger partial charge in [-0.1, -0.05) is 12.0 Å². The van der Waals surface area contributed by atoms with Crippen molar-refractivity contribution in [1.29, 1.82) is 0 Å². The molecule has 2 fully saturated rings. The first-order chi connectivity index (χ1) is 12.5. The third-order valence-electron chi connectivity index (χ3n) is 6.17. The summed E-state index contributed by atoms with van der Waals surface area (Å²) >= 11 is 0. The molecule has 3 aliphatic heterocycles. The van der Waals surface area contributed by atoms with Gasteiger partial charge >= 0.3 is 0 Å². The first kappa shape index (κ1) is 19.3. The highest BCUT2D eigenvalue weighted by Crippen LogP contribution is 2.32. The molecule has 0 saturated carbocycles. The normalized spacial score (nSPS) is 33.3. The van der Waals surface area contributed by atoms with Crippen molar-refractivity contribution in [3.63, 3.8) is 0 Å². The third-order valence-corrected chi connectivity index (χ3v) is 6.17. The fourth-order valence-corrected chi connectivity index (χ4v) is 4.73. The van der Waals surface area contributed by atoms with Crippen molar-refractivity contribution >= 4 is 11.8 Å². The van der Waals surface area contributed by atoms with Crippen molar-refractivity contribution < 1.29 is 14.7 Å². The Kier molecular flexibility index (Phi) is 6.32. The van der Waals surface area contributed by atoms with Crippen LogP contribution < -0.4 is 21.3 Å². The smallest absolute Gasteiger partial charge is 0.247 e. The van der Waals surface area contributed by atoms with Gasteiger partial charge in [0.15, 0.2) is 0 Å². The lowest BCUT2D eigenvalue weighted by Crippen LogP contribution is -2.58. The molecule has 3 heterocycles. The minimum Gasteiger partial charge on any atom is -0.394 e. The number of hydrogen-bond acceptors (Lipinski definition) is 5. The molecule has 2 amide bonds. The van der Waals surface area contributed by atoms with Crippen LogP contribution >= 0.6 is 0 Å². The van der Waals surface area contributed by atoms with E-state index in [0.717, 1.165) is 44.3 Å². The summed E-state index contributed by atoms with van der Waals surface area (Å²) in [4.78, 5) is 25.1. The van der Waals surface area contributed by atoms with Crippen LogP contribution in [0.1, 0.15) is 46.0 Å². The van der Waals surface area contributed by atoms with Gasteiger partial charge < -0.3 is 26.4 Å². The van der Waals surface area contributed by atoms with E-state index in [1.54, 1.807) is 0 Å². The van der Waals surface area contributed by atoms with Crippen molar-refractivity contribution in [2.75, 3.05) is 19.7 Å². The van der Waals surface area contributed by atoms with Crippen LogP contribution in [0.3, 0.4) is 0 Å². The molecular formula is C19H32N4O3. The van der Waals surface area contributed by atoms with Crippen molar-refractivity contribution in [2.24, 2.45) is 5.92 Å². The lowest BCUT2D eigenvalue weighted by Gasteiger charge is -2.42. The summed E-state index contributed by atoms with van der Waals surface area (Å²) in [6.45, 7) is 5.83. The van der Waals surface area contributed by atoms with Crippen LogP contribution in [0.25, 0.3) is 0 Å². The van der Waals surface area contributed by atoms with Gasteiger partial charge in [0.25, 0.3) is 0 Å². The zero-order valence-corrected chi connectivity index (χ0v) is 15.8. The Balaban J connectivity index is 1.67. The SMILES string of the molecule is CC1=C(CC(=O)N[C@@H](CO)C2CCCCN2)C(=O)NC2CCNC(C)C12. The molecule has 5 N–H and O–H groups in total. The van der Waals surface area contributed by atoms with Crippen LogP contribution in [-0.2, 0) is 9.59 Å². The van der Waals surface area contributed by atoms with Gasteiger partial charge in [0.1, 0.15) is 0 Å². The first-order valence-electron chi connectivity index (χ1n) is 9.88. The highest BCUT2D eigenvalue weighted by molar-refractivity contribution is 6.00. The van der Waals surface area contributed by atoms with E-state index < -0.39 is 0 Å². The molecule has 0 aromatic rings. The number of aliphatic hydroxyl groups excluding tert-OH is 1. The van der Waals surface area contributed by atoms with E-state index in [4.69, 9.17) is 0 Å². The lowest BCUT2D eigenvalue weighted by molar-refractivity contribution is -0.125. The number of piperidine rings is 2. The van der Waals surface area contributed by atoms with Crippen molar-refractivity contribution in [3.8, 4) is 0 Å². The van der Waals surface area contributed by atoms with E-state index in [1.165, 1.54) is 0 Å². The number of carbonyl (C=O) groups excluding carboxylic acids is 2. The Morgan fingerprint density at radius 3 is 2.77 bits per heavy atom. The van der Waals surface area contributed by atoms with E-state index in [0.29, 0.717) is 5.57 Å². The van der Waals surface area contributed by atoms with Crippen molar-refractivity contribution in [2.45, 2.75) is 70.1 Å². The zero-order valence-electron chi connectivity index (χ0n) is 15.8. The largest absolute Gasteiger partial charge is 0.394 e. The van der Waals surface area contributed by atoms with Crippen LogP contribution in [-0.4, -0.2) is 60.8 Å². The van der Waals surface area contributed by atoms with E-state index >= 15 is 0 Å². The minimum atomic E-state index is -0.307. The molecule has 26 heavy (non-hydrogen) atoms. The molecule has 3 rings (SSSR count). The van der Waals surface area contributed by atoms with E-state index in [9.17, 15) is 14.7 Å². The molecule has 5 atom stereocenters. The number of hydrogen-bond donors (Lipinski definition) is 5. The second kappa shape index (κ2) is 8.50. The summed E-state index contributed by atoms with van der Waals surface area (Å²) < 4.78 is 0. The summed E-state index contributed by atoms with van der Waals surface area (Å²) in [5.74, 6) is -0.0852. The molecule has 3 aliphatic rings. The lowest BCUT2D eigenvalue weighted by atomic mass is 9.76. The van der Waals surface area contributed by atoms with Gasteiger partial charge in [0, 0.05) is 29.6 Å². The standard InChI is InChI=1S/C19H32N4O3/c1-11-13(19(26)23-15-6-8-20-12(2)18(11)15)9-17(25)22-16(10-24)14-5-3-4-7-21-14/h12,14-16,18,20-21,24H,3-10H2,1-2H3,(H,22,25)(H,23,26)/t12?,14?,15?,16-,18?/m0/s1. The van der Waals surface area contributed by atoms with Gasteiger partial charge in [0.2, 0.25) is 11.8 Å². The topological polar surface area (TPSA) is 102 Å². The van der Waals surface area contributed by atoms with Crippen LogP contribution in [0.5, 0.6) is 0 Å². The average Bonchev–Trinajstić information content (AvgIpc) is 2.63. The van der Waals surface area contributed by atoms with Gasteiger partial charge in [-0.3, -0.25) is 9.59 Å². The average molecular weight is 364 g/mol. The third kappa shape index (κ3) is 4.10. The highest BCUT2D eigenvalue weighted by Gasteiger charge is 2.39. The number of fused-ring (bicyclic) bond motifs is 1. The summed E-state index contributed by atoms with van der Waals surface area (Å²) in [6, 6.07) is 0.226. The Morgan fingerprint density at radius 2 is 2.08 bits per heavy atom. The Labute approximate surface area is 155 Å². The predicted molar refractivity (Wildman–Crippen MR) is 99.5 cm³/mol. The summed E-state index contributed by atoms with van der Waals surface area (Å²) in [5, 5.41) is 22.5. The Hall–Kier alpha value is -1.44. The van der Waals surface area contributed by atoms with Gasteiger partial charge in [0.05, 0.1) is 19.1 Å². The number of carbonyl (C=O) groups is 2. The number of nitrogens with one attached hydrogen (secondary N) is 4. The molecule has 7 heteroatoms. The van der Waals surface area contributed by atoms with Gasteiger partial charge in [-0.15, -0.1) is 0 Å².